The molecule has 4 rings (SSSR count). The van der Waals surface area contributed by atoms with Crippen molar-refractivity contribution in [1.29, 1.82) is 0 Å². The lowest BCUT2D eigenvalue weighted by molar-refractivity contribution is 0.0687. The lowest BCUT2D eigenvalue weighted by Gasteiger charge is -2.30. The molecule has 1 aliphatic rings. The molecule has 1 aromatic carbocycles. The smallest absolute Gasteiger partial charge is 0.259 e. The molecule has 2 aromatic heterocycles. The summed E-state index contributed by atoms with van der Waals surface area (Å²) in [5.74, 6) is 0.738. The number of carbonyl (C=O) groups is 1. The van der Waals surface area contributed by atoms with Gasteiger partial charge in [-0.2, -0.15) is 4.98 Å². The van der Waals surface area contributed by atoms with E-state index in [4.69, 9.17) is 13.8 Å². The van der Waals surface area contributed by atoms with Crippen molar-refractivity contribution < 1.29 is 23.0 Å². The zero-order valence-electron chi connectivity index (χ0n) is 15.3. The van der Waals surface area contributed by atoms with Crippen LogP contribution in [0, 0.1) is 5.82 Å². The number of methoxy groups -OCH3 is 1. The summed E-state index contributed by atoms with van der Waals surface area (Å²) in [6.07, 6.45) is 3.07. The van der Waals surface area contributed by atoms with Crippen LogP contribution < -0.4 is 0 Å². The van der Waals surface area contributed by atoms with Crippen LogP contribution in [0.15, 0.2) is 39.5 Å². The van der Waals surface area contributed by atoms with Crippen molar-refractivity contribution in [2.24, 2.45) is 0 Å². The van der Waals surface area contributed by atoms with Gasteiger partial charge in [-0.1, -0.05) is 10.3 Å². The van der Waals surface area contributed by atoms with Gasteiger partial charge in [-0.15, -0.1) is 0 Å². The average Bonchev–Trinajstić information content (AvgIpc) is 3.38. The lowest BCUT2D eigenvalue weighted by atomic mass is 9.97. The Balaban J connectivity index is 1.49. The van der Waals surface area contributed by atoms with Crippen molar-refractivity contribution in [3.63, 3.8) is 0 Å². The number of piperidine rings is 1. The van der Waals surface area contributed by atoms with Crippen molar-refractivity contribution in [3.8, 4) is 11.4 Å². The molecule has 1 amide bonds. The highest BCUT2D eigenvalue weighted by atomic mass is 19.1. The fraction of sp³-hybridized carbons (Fsp3) is 0.368. The van der Waals surface area contributed by atoms with Crippen LogP contribution in [0.2, 0.25) is 0 Å². The maximum Gasteiger partial charge on any atom is 0.259 e. The van der Waals surface area contributed by atoms with Gasteiger partial charge in [-0.25, -0.2) is 4.39 Å². The first-order valence-corrected chi connectivity index (χ1v) is 8.97. The van der Waals surface area contributed by atoms with Gasteiger partial charge < -0.3 is 18.7 Å². The maximum atomic E-state index is 13.1. The number of benzene rings is 1. The minimum atomic E-state index is -0.324. The SMILES string of the molecule is COCc1oncc1C(=O)N1CCCC(c2nc(-c3ccc(F)cc3)no2)C1. The van der Waals surface area contributed by atoms with Crippen LogP contribution >= 0.6 is 0 Å². The molecule has 1 aliphatic heterocycles. The van der Waals surface area contributed by atoms with E-state index in [2.05, 4.69) is 15.3 Å². The van der Waals surface area contributed by atoms with Crippen molar-refractivity contribution in [3.05, 3.63) is 53.5 Å². The summed E-state index contributed by atoms with van der Waals surface area (Å²) in [5, 5.41) is 7.70. The van der Waals surface area contributed by atoms with Gasteiger partial charge in [0.05, 0.1) is 12.1 Å². The summed E-state index contributed by atoms with van der Waals surface area (Å²) in [7, 11) is 1.53. The van der Waals surface area contributed by atoms with Gasteiger partial charge >= 0.3 is 0 Å². The molecular formula is C19H19FN4O4. The van der Waals surface area contributed by atoms with Gasteiger partial charge in [-0.3, -0.25) is 4.79 Å². The lowest BCUT2D eigenvalue weighted by Crippen LogP contribution is -2.39. The number of halogens is 1. The summed E-state index contributed by atoms with van der Waals surface area (Å²) < 4.78 is 28.7. The third-order valence-corrected chi connectivity index (χ3v) is 4.75. The third-order valence-electron chi connectivity index (χ3n) is 4.75. The molecule has 146 valence electrons. The predicted molar refractivity (Wildman–Crippen MR) is 94.8 cm³/mol. The predicted octanol–water partition coefficient (Wildman–Crippen LogP) is 3.03. The number of hydrogen-bond acceptors (Lipinski definition) is 7. The first kappa shape index (κ1) is 18.3. The number of ether oxygens (including phenoxy) is 1. The molecule has 0 aliphatic carbocycles. The van der Waals surface area contributed by atoms with E-state index in [0.717, 1.165) is 12.8 Å². The molecule has 0 saturated carbocycles. The molecule has 1 unspecified atom stereocenters. The zero-order valence-corrected chi connectivity index (χ0v) is 15.3. The first-order chi connectivity index (χ1) is 13.7. The second-order valence-electron chi connectivity index (χ2n) is 6.65. The fourth-order valence-corrected chi connectivity index (χ4v) is 3.32. The second-order valence-corrected chi connectivity index (χ2v) is 6.65. The highest BCUT2D eigenvalue weighted by molar-refractivity contribution is 5.94. The molecule has 0 bridgehead atoms. The standard InChI is InChI=1S/C19H19FN4O4/c1-26-11-16-15(9-21-27-16)19(25)24-8-2-3-13(10-24)18-22-17(23-28-18)12-4-6-14(20)7-5-12/h4-7,9,13H,2-3,8,10-11H2,1H3. The topological polar surface area (TPSA) is 94.5 Å². The van der Waals surface area contributed by atoms with Crippen LogP contribution in [0.5, 0.6) is 0 Å². The minimum absolute atomic E-state index is 0.0647. The third kappa shape index (κ3) is 3.65. The largest absolute Gasteiger partial charge is 0.377 e. The van der Waals surface area contributed by atoms with Crippen LogP contribution in [-0.4, -0.2) is 46.3 Å². The molecule has 0 spiro atoms. The molecule has 1 atom stereocenters. The van der Waals surface area contributed by atoms with Gasteiger partial charge in [0.25, 0.3) is 5.91 Å². The Morgan fingerprint density at radius 2 is 2.14 bits per heavy atom. The summed E-state index contributed by atoms with van der Waals surface area (Å²) in [4.78, 5) is 19.0. The highest BCUT2D eigenvalue weighted by Gasteiger charge is 2.31. The van der Waals surface area contributed by atoms with Crippen molar-refractivity contribution in [2.45, 2.75) is 25.4 Å². The summed E-state index contributed by atoms with van der Waals surface area (Å²) in [5.41, 5.74) is 1.08. The maximum absolute atomic E-state index is 13.1. The number of hydrogen-bond donors (Lipinski definition) is 0. The summed E-state index contributed by atoms with van der Waals surface area (Å²) in [6, 6.07) is 5.90. The Labute approximate surface area is 160 Å². The van der Waals surface area contributed by atoms with E-state index in [-0.39, 0.29) is 24.2 Å². The van der Waals surface area contributed by atoms with E-state index in [1.54, 1.807) is 17.0 Å². The van der Waals surface area contributed by atoms with Crippen LogP contribution in [-0.2, 0) is 11.3 Å². The number of amides is 1. The number of rotatable bonds is 5. The monoisotopic (exact) mass is 386 g/mol. The Morgan fingerprint density at radius 1 is 1.32 bits per heavy atom. The Kier molecular flexibility index (Phi) is 5.16. The molecule has 1 fully saturated rings. The zero-order chi connectivity index (χ0) is 19.5. The number of nitrogens with zero attached hydrogens (tertiary/aromatic N) is 4. The van der Waals surface area contributed by atoms with Crippen molar-refractivity contribution >= 4 is 5.91 Å². The molecule has 0 N–H and O–H groups in total. The van der Waals surface area contributed by atoms with E-state index < -0.39 is 0 Å². The fourth-order valence-electron chi connectivity index (χ4n) is 3.32. The van der Waals surface area contributed by atoms with E-state index in [1.165, 1.54) is 25.4 Å². The van der Waals surface area contributed by atoms with Crippen LogP contribution in [0.1, 0.15) is 40.8 Å². The van der Waals surface area contributed by atoms with Gasteiger partial charge in [0.1, 0.15) is 18.0 Å². The molecule has 28 heavy (non-hydrogen) atoms. The van der Waals surface area contributed by atoms with E-state index in [0.29, 0.717) is 41.7 Å². The van der Waals surface area contributed by atoms with Crippen molar-refractivity contribution in [2.75, 3.05) is 20.2 Å². The molecule has 9 heteroatoms. The Morgan fingerprint density at radius 3 is 2.93 bits per heavy atom. The molecule has 3 aromatic rings. The molecule has 3 heterocycles. The highest BCUT2D eigenvalue weighted by Crippen LogP contribution is 2.29. The first-order valence-electron chi connectivity index (χ1n) is 8.97. The van der Waals surface area contributed by atoms with Gasteiger partial charge in [-0.05, 0) is 37.1 Å². The summed E-state index contributed by atoms with van der Waals surface area (Å²) >= 11 is 0. The number of aromatic nitrogens is 3. The number of likely N-dealkylation sites (tertiary alicyclic amines) is 1. The van der Waals surface area contributed by atoms with Crippen LogP contribution in [0.25, 0.3) is 11.4 Å². The van der Waals surface area contributed by atoms with E-state index >= 15 is 0 Å². The normalized spacial score (nSPS) is 17.1. The quantitative estimate of drug-likeness (QED) is 0.665. The average molecular weight is 386 g/mol. The molecule has 1 saturated heterocycles. The van der Waals surface area contributed by atoms with Gasteiger partial charge in [0.15, 0.2) is 5.76 Å². The Bertz CT molecular complexity index is 953. The van der Waals surface area contributed by atoms with Crippen molar-refractivity contribution in [1.82, 2.24) is 20.2 Å². The molecular weight excluding hydrogens is 367 g/mol. The van der Waals surface area contributed by atoms with Crippen LogP contribution in [0.3, 0.4) is 0 Å². The van der Waals surface area contributed by atoms with E-state index in [9.17, 15) is 9.18 Å². The Hall–Kier alpha value is -3.07. The molecule has 0 radical (unpaired) electrons. The summed E-state index contributed by atoms with van der Waals surface area (Å²) in [6.45, 7) is 1.27. The van der Waals surface area contributed by atoms with Crippen LogP contribution in [0.4, 0.5) is 4.39 Å². The van der Waals surface area contributed by atoms with Gasteiger partial charge in [0.2, 0.25) is 11.7 Å². The number of carbonyl (C=O) groups excluding carboxylic acids is 1. The second kappa shape index (κ2) is 7.89. The molecule has 8 nitrogen and oxygen atoms in total. The minimum Gasteiger partial charge on any atom is -0.377 e. The van der Waals surface area contributed by atoms with E-state index in [1.807, 2.05) is 0 Å². The van der Waals surface area contributed by atoms with Gasteiger partial charge in [0, 0.05) is 25.8 Å².